The topological polar surface area (TPSA) is 41.9 Å². The van der Waals surface area contributed by atoms with Crippen LogP contribution in [0, 0.1) is 0 Å². The van der Waals surface area contributed by atoms with Crippen molar-refractivity contribution in [1.29, 1.82) is 0 Å². The summed E-state index contributed by atoms with van der Waals surface area (Å²) < 4.78 is 0. The number of oxime groups is 1. The van der Waals surface area contributed by atoms with Gasteiger partial charge < -0.3 is 9.74 Å². The Morgan fingerprint density at radius 1 is 1.47 bits per heavy atom. The van der Waals surface area contributed by atoms with Gasteiger partial charge in [0.25, 0.3) is 0 Å². The maximum Gasteiger partial charge on any atom is 0.137 e. The highest BCUT2D eigenvalue weighted by Crippen LogP contribution is 2.29. The molecule has 1 saturated carbocycles. The Bertz CT molecular complexity index is 377. The van der Waals surface area contributed by atoms with Gasteiger partial charge in [-0.05, 0) is 25.5 Å². The van der Waals surface area contributed by atoms with Crippen molar-refractivity contribution in [3.8, 4) is 0 Å². The third-order valence-corrected chi connectivity index (χ3v) is 3.35. The van der Waals surface area contributed by atoms with E-state index in [2.05, 4.69) is 29.8 Å². The Kier molecular flexibility index (Phi) is 3.61. The first-order valence-corrected chi connectivity index (χ1v) is 6.05. The van der Waals surface area contributed by atoms with Crippen LogP contribution in [0.5, 0.6) is 0 Å². The second-order valence-electron chi connectivity index (χ2n) is 4.40. The summed E-state index contributed by atoms with van der Waals surface area (Å²) in [6.45, 7) is 6.38. The van der Waals surface area contributed by atoms with E-state index in [0.717, 1.165) is 25.1 Å². The molecule has 0 aliphatic heterocycles. The van der Waals surface area contributed by atoms with E-state index in [9.17, 15) is 4.79 Å². The lowest BCUT2D eigenvalue weighted by Crippen LogP contribution is -2.44. The molecule has 2 aliphatic carbocycles. The van der Waals surface area contributed by atoms with Crippen molar-refractivity contribution in [3.63, 3.8) is 0 Å². The van der Waals surface area contributed by atoms with E-state index < -0.39 is 0 Å². The van der Waals surface area contributed by atoms with Crippen LogP contribution in [0.15, 0.2) is 28.8 Å². The van der Waals surface area contributed by atoms with Crippen LogP contribution in [0.4, 0.5) is 0 Å². The monoisotopic (exact) mass is 234 g/mol. The first kappa shape index (κ1) is 11.9. The molecule has 1 fully saturated rings. The van der Waals surface area contributed by atoms with E-state index >= 15 is 0 Å². The number of rotatable bonds is 5. The summed E-state index contributed by atoms with van der Waals surface area (Å²) in [5.41, 5.74) is 1.29. The Hall–Kier alpha value is -1.58. The molecule has 17 heavy (non-hydrogen) atoms. The van der Waals surface area contributed by atoms with Crippen molar-refractivity contribution in [2.75, 3.05) is 6.54 Å². The van der Waals surface area contributed by atoms with E-state index in [1.807, 2.05) is 6.08 Å². The standard InChI is InChI=1S/C13H18N2O2/c1-3-15(11-8-12(16)9-11)10-4-6-13(7-5-10)17-14-2/h4,6,11H,2-3,5,7-9H2,1H3. The van der Waals surface area contributed by atoms with Crippen molar-refractivity contribution >= 4 is 12.5 Å². The summed E-state index contributed by atoms with van der Waals surface area (Å²) in [7, 11) is 0. The molecule has 0 radical (unpaired) electrons. The van der Waals surface area contributed by atoms with Crippen LogP contribution in [0.2, 0.25) is 0 Å². The fraction of sp³-hybridized carbons (Fsp3) is 0.538. The minimum Gasteiger partial charge on any atom is -0.371 e. The van der Waals surface area contributed by atoms with Crippen molar-refractivity contribution in [2.24, 2.45) is 5.16 Å². The lowest BCUT2D eigenvalue weighted by molar-refractivity contribution is -0.127. The van der Waals surface area contributed by atoms with Gasteiger partial charge >= 0.3 is 0 Å². The molecule has 2 rings (SSSR count). The highest BCUT2D eigenvalue weighted by molar-refractivity contribution is 5.85. The SMILES string of the molecule is C=NOC1=CC=C(N(CC)C2CC(=O)C2)CC1. The predicted octanol–water partition coefficient (Wildman–Crippen LogP) is 2.23. The van der Waals surface area contributed by atoms with Gasteiger partial charge in [-0.2, -0.15) is 0 Å². The van der Waals surface area contributed by atoms with E-state index in [0.29, 0.717) is 24.7 Å². The number of hydrogen-bond donors (Lipinski definition) is 0. The van der Waals surface area contributed by atoms with Gasteiger partial charge in [0.15, 0.2) is 0 Å². The Morgan fingerprint density at radius 2 is 2.24 bits per heavy atom. The van der Waals surface area contributed by atoms with Gasteiger partial charge in [0.1, 0.15) is 11.5 Å². The van der Waals surface area contributed by atoms with Crippen molar-refractivity contribution in [1.82, 2.24) is 4.90 Å². The highest BCUT2D eigenvalue weighted by Gasteiger charge is 2.32. The molecule has 0 aromatic heterocycles. The van der Waals surface area contributed by atoms with Crippen molar-refractivity contribution in [2.45, 2.75) is 38.6 Å². The maximum absolute atomic E-state index is 11.1. The molecule has 0 bridgehead atoms. The van der Waals surface area contributed by atoms with Gasteiger partial charge in [-0.3, -0.25) is 4.79 Å². The fourth-order valence-electron chi connectivity index (χ4n) is 2.39. The lowest BCUT2D eigenvalue weighted by atomic mass is 9.88. The zero-order valence-corrected chi connectivity index (χ0v) is 10.2. The Morgan fingerprint density at radius 3 is 2.71 bits per heavy atom. The van der Waals surface area contributed by atoms with E-state index in [-0.39, 0.29) is 0 Å². The van der Waals surface area contributed by atoms with Gasteiger partial charge in [0.2, 0.25) is 0 Å². The minimum atomic E-state index is 0.375. The van der Waals surface area contributed by atoms with E-state index in [4.69, 9.17) is 4.84 Å². The fourth-order valence-corrected chi connectivity index (χ4v) is 2.39. The van der Waals surface area contributed by atoms with Crippen LogP contribution in [0.3, 0.4) is 0 Å². The first-order chi connectivity index (χ1) is 8.24. The molecular formula is C13H18N2O2. The molecular weight excluding hydrogens is 216 g/mol. The van der Waals surface area contributed by atoms with Crippen LogP contribution in [-0.4, -0.2) is 30.0 Å². The first-order valence-electron chi connectivity index (χ1n) is 6.05. The highest BCUT2D eigenvalue weighted by atomic mass is 16.6. The summed E-state index contributed by atoms with van der Waals surface area (Å²) in [6.07, 6.45) is 7.20. The van der Waals surface area contributed by atoms with Crippen LogP contribution in [-0.2, 0) is 9.63 Å². The number of hydrogen-bond acceptors (Lipinski definition) is 4. The van der Waals surface area contributed by atoms with Crippen LogP contribution < -0.4 is 0 Å². The molecule has 92 valence electrons. The maximum atomic E-state index is 11.1. The molecule has 0 N–H and O–H groups in total. The minimum absolute atomic E-state index is 0.375. The van der Waals surface area contributed by atoms with Crippen LogP contribution in [0.25, 0.3) is 0 Å². The molecule has 0 aromatic rings. The smallest absolute Gasteiger partial charge is 0.137 e. The number of Topliss-reactive ketones (excluding diaryl/α,β-unsaturated/α-hetero) is 1. The average Bonchev–Trinajstić information content (AvgIpc) is 2.30. The molecule has 4 nitrogen and oxygen atoms in total. The summed E-state index contributed by atoms with van der Waals surface area (Å²) in [5.74, 6) is 1.23. The quantitative estimate of drug-likeness (QED) is 0.541. The number of nitrogens with zero attached hydrogens (tertiary/aromatic N) is 2. The van der Waals surface area contributed by atoms with Gasteiger partial charge in [0.05, 0.1) is 0 Å². The average molecular weight is 234 g/mol. The third kappa shape index (κ3) is 2.57. The largest absolute Gasteiger partial charge is 0.371 e. The van der Waals surface area contributed by atoms with Gasteiger partial charge in [0, 0.05) is 44.3 Å². The summed E-state index contributed by atoms with van der Waals surface area (Å²) in [5, 5.41) is 3.42. The molecule has 0 atom stereocenters. The summed E-state index contributed by atoms with van der Waals surface area (Å²) in [6, 6.07) is 0.409. The molecule has 0 unspecified atom stereocenters. The predicted molar refractivity (Wildman–Crippen MR) is 66.4 cm³/mol. The third-order valence-electron chi connectivity index (χ3n) is 3.35. The summed E-state index contributed by atoms with van der Waals surface area (Å²) in [4.78, 5) is 18.4. The number of allylic oxidation sites excluding steroid dienone is 4. The Labute approximate surface area is 102 Å². The van der Waals surface area contributed by atoms with E-state index in [1.165, 1.54) is 5.70 Å². The molecule has 4 heteroatoms. The second-order valence-corrected chi connectivity index (χ2v) is 4.40. The van der Waals surface area contributed by atoms with E-state index in [1.54, 1.807) is 0 Å². The molecule has 0 heterocycles. The van der Waals surface area contributed by atoms with Crippen molar-refractivity contribution in [3.05, 3.63) is 23.6 Å². The normalized spacial score (nSPS) is 20.2. The lowest BCUT2D eigenvalue weighted by Gasteiger charge is -2.39. The molecule has 0 saturated heterocycles. The zero-order valence-electron chi connectivity index (χ0n) is 10.2. The zero-order chi connectivity index (χ0) is 12.3. The molecule has 0 aromatic carbocycles. The Balaban J connectivity index is 2.01. The van der Waals surface area contributed by atoms with Crippen molar-refractivity contribution < 1.29 is 9.63 Å². The van der Waals surface area contributed by atoms with Crippen LogP contribution >= 0.6 is 0 Å². The second kappa shape index (κ2) is 5.17. The molecule has 0 amide bonds. The molecule has 2 aliphatic rings. The summed E-state index contributed by atoms with van der Waals surface area (Å²) >= 11 is 0. The number of ketones is 1. The van der Waals surface area contributed by atoms with Crippen LogP contribution in [0.1, 0.15) is 32.6 Å². The number of carbonyl (C=O) groups excluding carboxylic acids is 1. The van der Waals surface area contributed by atoms with Gasteiger partial charge in [-0.25, -0.2) is 0 Å². The molecule has 0 spiro atoms. The van der Waals surface area contributed by atoms with Gasteiger partial charge in [-0.15, -0.1) is 0 Å². The number of carbonyl (C=O) groups is 1. The van der Waals surface area contributed by atoms with Gasteiger partial charge in [-0.1, -0.05) is 5.16 Å².